The standard InChI is InChI=1S/C16H24N2O2/c1-9-10(2)17-11(3)15(9)16(19)20-14-7-12-5-6-13(8-14)18(12)4/h12-14,17H,5-8H2,1-4H3/t12-,13+,14?. The molecule has 0 radical (unpaired) electrons. The summed E-state index contributed by atoms with van der Waals surface area (Å²) in [7, 11) is 2.20. The van der Waals surface area contributed by atoms with Crippen molar-refractivity contribution in [3.8, 4) is 0 Å². The molecule has 4 heteroatoms. The fourth-order valence-electron chi connectivity index (χ4n) is 3.88. The molecule has 2 aliphatic heterocycles. The van der Waals surface area contributed by atoms with E-state index in [1.165, 1.54) is 12.8 Å². The molecule has 0 amide bonds. The Bertz CT molecular complexity index is 521. The normalized spacial score (nSPS) is 29.7. The highest BCUT2D eigenvalue weighted by Crippen LogP contribution is 2.36. The van der Waals surface area contributed by atoms with E-state index >= 15 is 0 Å². The second-order valence-electron chi connectivity index (χ2n) is 6.42. The zero-order chi connectivity index (χ0) is 14.4. The van der Waals surface area contributed by atoms with Gasteiger partial charge in [0.05, 0.1) is 5.56 Å². The Morgan fingerprint density at radius 2 is 1.75 bits per heavy atom. The maximum Gasteiger partial charge on any atom is 0.340 e. The van der Waals surface area contributed by atoms with Gasteiger partial charge < -0.3 is 14.6 Å². The third-order valence-electron chi connectivity index (χ3n) is 5.22. The van der Waals surface area contributed by atoms with Crippen molar-refractivity contribution >= 4 is 5.97 Å². The van der Waals surface area contributed by atoms with Crippen LogP contribution in [-0.2, 0) is 4.74 Å². The number of aromatic amines is 1. The zero-order valence-corrected chi connectivity index (χ0v) is 12.8. The molecule has 3 heterocycles. The number of H-pyrrole nitrogens is 1. The molecule has 2 aliphatic rings. The summed E-state index contributed by atoms with van der Waals surface area (Å²) in [5.74, 6) is -0.154. The van der Waals surface area contributed by atoms with Crippen LogP contribution in [0, 0.1) is 20.8 Å². The van der Waals surface area contributed by atoms with Crippen LogP contribution in [0.4, 0.5) is 0 Å². The molecular weight excluding hydrogens is 252 g/mol. The molecule has 1 N–H and O–H groups in total. The van der Waals surface area contributed by atoms with E-state index in [4.69, 9.17) is 4.74 Å². The van der Waals surface area contributed by atoms with E-state index in [-0.39, 0.29) is 12.1 Å². The molecule has 1 aromatic rings. The number of hydrogen-bond acceptors (Lipinski definition) is 3. The first kappa shape index (κ1) is 13.7. The van der Waals surface area contributed by atoms with Crippen molar-refractivity contribution in [1.29, 1.82) is 0 Å². The highest BCUT2D eigenvalue weighted by atomic mass is 16.5. The second kappa shape index (κ2) is 4.92. The molecule has 3 atom stereocenters. The summed E-state index contributed by atoms with van der Waals surface area (Å²) in [6.07, 6.45) is 4.55. The van der Waals surface area contributed by atoms with Crippen molar-refractivity contribution in [3.05, 3.63) is 22.5 Å². The minimum Gasteiger partial charge on any atom is -0.459 e. The molecule has 0 spiro atoms. The van der Waals surface area contributed by atoms with Gasteiger partial charge in [0, 0.05) is 36.3 Å². The Balaban J connectivity index is 1.71. The lowest BCUT2D eigenvalue weighted by atomic mass is 10.0. The Hall–Kier alpha value is -1.29. The highest BCUT2D eigenvalue weighted by Gasteiger charge is 2.40. The number of esters is 1. The van der Waals surface area contributed by atoms with Crippen molar-refractivity contribution in [2.75, 3.05) is 7.05 Å². The third-order valence-corrected chi connectivity index (χ3v) is 5.22. The number of carbonyl (C=O) groups excluding carboxylic acids is 1. The largest absolute Gasteiger partial charge is 0.459 e. The van der Waals surface area contributed by atoms with Crippen LogP contribution in [0.3, 0.4) is 0 Å². The molecule has 3 rings (SSSR count). The topological polar surface area (TPSA) is 45.3 Å². The van der Waals surface area contributed by atoms with Gasteiger partial charge in [0.25, 0.3) is 0 Å². The molecule has 2 saturated heterocycles. The van der Waals surface area contributed by atoms with Crippen LogP contribution in [0.2, 0.25) is 0 Å². The van der Waals surface area contributed by atoms with Crippen molar-refractivity contribution < 1.29 is 9.53 Å². The average Bonchev–Trinajstić information content (AvgIpc) is 2.74. The van der Waals surface area contributed by atoms with Crippen LogP contribution < -0.4 is 0 Å². The number of nitrogens with one attached hydrogen (secondary N) is 1. The van der Waals surface area contributed by atoms with Crippen molar-refractivity contribution in [3.63, 3.8) is 0 Å². The highest BCUT2D eigenvalue weighted by molar-refractivity contribution is 5.92. The number of hydrogen-bond donors (Lipinski definition) is 1. The van der Waals surface area contributed by atoms with E-state index in [0.29, 0.717) is 12.1 Å². The second-order valence-corrected chi connectivity index (χ2v) is 6.42. The lowest BCUT2D eigenvalue weighted by Crippen LogP contribution is -2.43. The lowest BCUT2D eigenvalue weighted by molar-refractivity contribution is -0.000556. The SMILES string of the molecule is Cc1[nH]c(C)c(C(=O)OC2C[C@H]3CC[C@@H](C2)N3C)c1C. The molecule has 20 heavy (non-hydrogen) atoms. The molecule has 0 aliphatic carbocycles. The van der Waals surface area contributed by atoms with E-state index < -0.39 is 0 Å². The molecule has 4 nitrogen and oxygen atoms in total. The van der Waals surface area contributed by atoms with E-state index in [1.807, 2.05) is 20.8 Å². The number of piperidine rings is 1. The summed E-state index contributed by atoms with van der Waals surface area (Å²) in [6.45, 7) is 5.91. The monoisotopic (exact) mass is 276 g/mol. The fraction of sp³-hybridized carbons (Fsp3) is 0.688. The Labute approximate surface area is 120 Å². The predicted molar refractivity (Wildman–Crippen MR) is 78.0 cm³/mol. The summed E-state index contributed by atoms with van der Waals surface area (Å²) in [5, 5.41) is 0. The zero-order valence-electron chi connectivity index (χ0n) is 12.8. The maximum absolute atomic E-state index is 12.4. The van der Waals surface area contributed by atoms with E-state index in [9.17, 15) is 4.79 Å². The lowest BCUT2D eigenvalue weighted by Gasteiger charge is -2.35. The average molecular weight is 276 g/mol. The number of ether oxygens (including phenoxy) is 1. The van der Waals surface area contributed by atoms with Gasteiger partial charge in [-0.2, -0.15) is 0 Å². The van der Waals surface area contributed by atoms with Gasteiger partial charge in [-0.15, -0.1) is 0 Å². The van der Waals surface area contributed by atoms with Gasteiger partial charge >= 0.3 is 5.97 Å². The Morgan fingerprint density at radius 1 is 1.15 bits per heavy atom. The van der Waals surface area contributed by atoms with Gasteiger partial charge in [-0.1, -0.05) is 0 Å². The van der Waals surface area contributed by atoms with Crippen LogP contribution in [0.25, 0.3) is 0 Å². The fourth-order valence-corrected chi connectivity index (χ4v) is 3.88. The van der Waals surface area contributed by atoms with Crippen LogP contribution in [-0.4, -0.2) is 41.1 Å². The third kappa shape index (κ3) is 2.16. The summed E-state index contributed by atoms with van der Waals surface area (Å²) < 4.78 is 5.80. The van der Waals surface area contributed by atoms with Gasteiger partial charge in [-0.3, -0.25) is 0 Å². The quantitative estimate of drug-likeness (QED) is 0.845. The summed E-state index contributed by atoms with van der Waals surface area (Å²) in [4.78, 5) is 18.1. The molecule has 2 bridgehead atoms. The number of aryl methyl sites for hydroxylation is 2. The Morgan fingerprint density at radius 3 is 2.25 bits per heavy atom. The van der Waals surface area contributed by atoms with Crippen molar-refractivity contribution in [2.45, 2.75) is 64.6 Å². The van der Waals surface area contributed by atoms with Crippen LogP contribution in [0.5, 0.6) is 0 Å². The molecule has 1 aromatic heterocycles. The van der Waals surface area contributed by atoms with Gasteiger partial charge in [0.2, 0.25) is 0 Å². The molecule has 2 fully saturated rings. The van der Waals surface area contributed by atoms with E-state index in [0.717, 1.165) is 35.4 Å². The minimum atomic E-state index is -0.154. The van der Waals surface area contributed by atoms with Gasteiger partial charge in [0.1, 0.15) is 6.10 Å². The molecule has 0 saturated carbocycles. The summed E-state index contributed by atoms with van der Waals surface area (Å²) in [5.41, 5.74) is 3.72. The smallest absolute Gasteiger partial charge is 0.340 e. The van der Waals surface area contributed by atoms with Gasteiger partial charge in [-0.25, -0.2) is 4.79 Å². The number of carbonyl (C=O) groups is 1. The van der Waals surface area contributed by atoms with Crippen LogP contribution in [0.15, 0.2) is 0 Å². The van der Waals surface area contributed by atoms with Crippen molar-refractivity contribution in [1.82, 2.24) is 9.88 Å². The van der Waals surface area contributed by atoms with Gasteiger partial charge in [0.15, 0.2) is 0 Å². The molecule has 110 valence electrons. The van der Waals surface area contributed by atoms with E-state index in [1.54, 1.807) is 0 Å². The van der Waals surface area contributed by atoms with Gasteiger partial charge in [-0.05, 0) is 46.2 Å². The molecule has 1 unspecified atom stereocenters. The predicted octanol–water partition coefficient (Wildman–Crippen LogP) is 2.72. The first-order valence-corrected chi connectivity index (χ1v) is 7.56. The number of aromatic nitrogens is 1. The summed E-state index contributed by atoms with van der Waals surface area (Å²) >= 11 is 0. The first-order chi connectivity index (χ1) is 9.47. The minimum absolute atomic E-state index is 0.0882. The summed E-state index contributed by atoms with van der Waals surface area (Å²) in [6, 6.07) is 1.20. The number of fused-ring (bicyclic) bond motifs is 2. The first-order valence-electron chi connectivity index (χ1n) is 7.56. The molecular formula is C16H24N2O2. The van der Waals surface area contributed by atoms with Crippen LogP contribution >= 0.6 is 0 Å². The number of rotatable bonds is 2. The van der Waals surface area contributed by atoms with Crippen molar-refractivity contribution in [2.24, 2.45) is 0 Å². The molecule has 0 aromatic carbocycles. The van der Waals surface area contributed by atoms with E-state index in [2.05, 4.69) is 16.9 Å². The van der Waals surface area contributed by atoms with Crippen LogP contribution in [0.1, 0.15) is 53.0 Å². The number of nitrogens with zero attached hydrogens (tertiary/aromatic N) is 1. The maximum atomic E-state index is 12.4. The Kier molecular flexibility index (Phi) is 3.36.